The van der Waals surface area contributed by atoms with E-state index in [-0.39, 0.29) is 24.2 Å². The number of amides is 1. The molecule has 0 aliphatic rings. The van der Waals surface area contributed by atoms with Crippen LogP contribution in [0.5, 0.6) is 0 Å². The standard InChI is InChI=1S/C12H20N2O3/c1-8(2)5-11(15)14-10(12(16)17-4)6-9(3)7-13/h8-10H,5-6H2,1-4H3,(H,14,15)/t9-,10+/m1/s1. The molecule has 0 aromatic heterocycles. The number of hydrogen-bond donors (Lipinski definition) is 1. The van der Waals surface area contributed by atoms with Gasteiger partial charge in [0.15, 0.2) is 0 Å². The average molecular weight is 240 g/mol. The predicted molar refractivity (Wildman–Crippen MR) is 62.8 cm³/mol. The summed E-state index contributed by atoms with van der Waals surface area (Å²) < 4.78 is 4.60. The third-order valence-corrected chi connectivity index (χ3v) is 2.22. The minimum absolute atomic E-state index is 0.194. The van der Waals surface area contributed by atoms with Crippen LogP contribution in [0.1, 0.15) is 33.6 Å². The van der Waals surface area contributed by atoms with Gasteiger partial charge in [-0.05, 0) is 19.3 Å². The molecule has 0 spiro atoms. The number of nitriles is 1. The van der Waals surface area contributed by atoms with Crippen LogP contribution in [0.4, 0.5) is 0 Å². The van der Waals surface area contributed by atoms with Gasteiger partial charge in [0.25, 0.3) is 0 Å². The zero-order valence-corrected chi connectivity index (χ0v) is 10.8. The minimum Gasteiger partial charge on any atom is -0.467 e. The molecule has 0 saturated heterocycles. The molecule has 2 atom stereocenters. The largest absolute Gasteiger partial charge is 0.467 e. The lowest BCUT2D eigenvalue weighted by atomic mass is 10.0. The van der Waals surface area contributed by atoms with Gasteiger partial charge >= 0.3 is 5.97 Å². The Morgan fingerprint density at radius 3 is 2.35 bits per heavy atom. The fraction of sp³-hybridized carbons (Fsp3) is 0.750. The average Bonchev–Trinajstić information content (AvgIpc) is 2.25. The molecule has 0 saturated carbocycles. The lowest BCUT2D eigenvalue weighted by Gasteiger charge is -2.17. The first-order valence-electron chi connectivity index (χ1n) is 5.67. The number of methoxy groups -OCH3 is 1. The van der Waals surface area contributed by atoms with E-state index in [1.54, 1.807) is 6.92 Å². The van der Waals surface area contributed by atoms with Gasteiger partial charge in [-0.2, -0.15) is 5.26 Å². The van der Waals surface area contributed by atoms with Gasteiger partial charge in [0.1, 0.15) is 6.04 Å². The van der Waals surface area contributed by atoms with E-state index in [1.807, 2.05) is 19.9 Å². The van der Waals surface area contributed by atoms with Crippen LogP contribution in [-0.2, 0) is 14.3 Å². The Morgan fingerprint density at radius 2 is 1.94 bits per heavy atom. The zero-order chi connectivity index (χ0) is 13.4. The van der Waals surface area contributed by atoms with E-state index in [0.29, 0.717) is 6.42 Å². The van der Waals surface area contributed by atoms with Crippen molar-refractivity contribution in [3.8, 4) is 6.07 Å². The molecule has 0 unspecified atom stereocenters. The third kappa shape index (κ3) is 6.56. The van der Waals surface area contributed by atoms with Crippen LogP contribution in [0.3, 0.4) is 0 Å². The molecule has 5 heteroatoms. The van der Waals surface area contributed by atoms with Crippen molar-refractivity contribution >= 4 is 11.9 Å². The molecule has 0 radical (unpaired) electrons. The number of hydrogen-bond acceptors (Lipinski definition) is 4. The smallest absolute Gasteiger partial charge is 0.328 e. The van der Waals surface area contributed by atoms with Gasteiger partial charge in [-0.3, -0.25) is 4.79 Å². The monoisotopic (exact) mass is 240 g/mol. The second-order valence-electron chi connectivity index (χ2n) is 4.51. The van der Waals surface area contributed by atoms with E-state index in [9.17, 15) is 9.59 Å². The van der Waals surface area contributed by atoms with Crippen LogP contribution in [-0.4, -0.2) is 25.0 Å². The first-order chi connectivity index (χ1) is 7.90. The van der Waals surface area contributed by atoms with Crippen molar-refractivity contribution in [2.75, 3.05) is 7.11 Å². The van der Waals surface area contributed by atoms with E-state index in [4.69, 9.17) is 5.26 Å². The summed E-state index contributed by atoms with van der Waals surface area (Å²) in [6, 6.07) is 1.29. The number of carbonyl (C=O) groups is 2. The van der Waals surface area contributed by atoms with Gasteiger partial charge in [0.05, 0.1) is 13.2 Å². The van der Waals surface area contributed by atoms with Crippen molar-refractivity contribution in [1.82, 2.24) is 5.32 Å². The summed E-state index contributed by atoms with van der Waals surface area (Å²) in [5, 5.41) is 11.3. The van der Waals surface area contributed by atoms with Gasteiger partial charge in [-0.15, -0.1) is 0 Å². The molecule has 17 heavy (non-hydrogen) atoms. The Morgan fingerprint density at radius 1 is 1.35 bits per heavy atom. The van der Waals surface area contributed by atoms with Crippen LogP contribution in [0.25, 0.3) is 0 Å². The van der Waals surface area contributed by atoms with Crippen molar-refractivity contribution < 1.29 is 14.3 Å². The molecule has 0 aliphatic carbocycles. The second kappa shape index (κ2) is 7.66. The minimum atomic E-state index is -0.735. The highest BCUT2D eigenvalue weighted by Gasteiger charge is 2.23. The summed E-state index contributed by atoms with van der Waals surface area (Å²) in [4.78, 5) is 23.0. The molecular formula is C12H20N2O3. The van der Waals surface area contributed by atoms with Gasteiger partial charge in [-0.25, -0.2) is 4.79 Å². The molecule has 1 amide bonds. The topological polar surface area (TPSA) is 79.2 Å². The maximum atomic E-state index is 11.6. The highest BCUT2D eigenvalue weighted by molar-refractivity contribution is 5.84. The van der Waals surface area contributed by atoms with Gasteiger partial charge in [0, 0.05) is 12.3 Å². The van der Waals surface area contributed by atoms with Crippen molar-refractivity contribution in [1.29, 1.82) is 5.26 Å². The highest BCUT2D eigenvalue weighted by Crippen LogP contribution is 2.07. The molecule has 0 aromatic carbocycles. The molecule has 96 valence electrons. The fourth-order valence-corrected chi connectivity index (χ4v) is 1.39. The van der Waals surface area contributed by atoms with Crippen molar-refractivity contribution in [2.24, 2.45) is 11.8 Å². The van der Waals surface area contributed by atoms with Gasteiger partial charge in [0.2, 0.25) is 5.91 Å². The Kier molecular flexibility index (Phi) is 6.95. The van der Waals surface area contributed by atoms with Gasteiger partial charge in [-0.1, -0.05) is 13.8 Å². The molecule has 0 heterocycles. The van der Waals surface area contributed by atoms with E-state index in [2.05, 4.69) is 10.1 Å². The molecular weight excluding hydrogens is 220 g/mol. The number of carbonyl (C=O) groups excluding carboxylic acids is 2. The third-order valence-electron chi connectivity index (χ3n) is 2.22. The maximum Gasteiger partial charge on any atom is 0.328 e. The number of ether oxygens (including phenoxy) is 1. The maximum absolute atomic E-state index is 11.6. The normalized spacial score (nSPS) is 13.6. The predicted octanol–water partition coefficient (Wildman–Crippen LogP) is 1.24. The van der Waals surface area contributed by atoms with E-state index >= 15 is 0 Å². The number of nitrogens with zero attached hydrogens (tertiary/aromatic N) is 1. The number of esters is 1. The second-order valence-corrected chi connectivity index (χ2v) is 4.51. The summed E-state index contributed by atoms with van der Waals surface area (Å²) >= 11 is 0. The molecule has 0 aliphatic heterocycles. The van der Waals surface area contributed by atoms with Crippen molar-refractivity contribution in [3.05, 3.63) is 0 Å². The van der Waals surface area contributed by atoms with E-state index < -0.39 is 12.0 Å². The number of rotatable bonds is 6. The van der Waals surface area contributed by atoms with Crippen LogP contribution in [0, 0.1) is 23.2 Å². The zero-order valence-electron chi connectivity index (χ0n) is 10.8. The Bertz CT molecular complexity index is 307. The van der Waals surface area contributed by atoms with Crippen molar-refractivity contribution in [2.45, 2.75) is 39.7 Å². The Hall–Kier alpha value is -1.57. The Balaban J connectivity index is 4.44. The SMILES string of the molecule is COC(=O)[C@H](C[C@@H](C)C#N)NC(=O)CC(C)C. The highest BCUT2D eigenvalue weighted by atomic mass is 16.5. The van der Waals surface area contributed by atoms with Crippen LogP contribution in [0.2, 0.25) is 0 Å². The lowest BCUT2D eigenvalue weighted by Crippen LogP contribution is -2.42. The van der Waals surface area contributed by atoms with E-state index in [1.165, 1.54) is 7.11 Å². The molecule has 1 N–H and O–H groups in total. The summed E-state index contributed by atoms with van der Waals surface area (Å²) in [5.41, 5.74) is 0. The first kappa shape index (κ1) is 15.4. The lowest BCUT2D eigenvalue weighted by molar-refractivity contribution is -0.145. The summed E-state index contributed by atoms with van der Waals surface area (Å²) in [7, 11) is 1.26. The fourth-order valence-electron chi connectivity index (χ4n) is 1.39. The Labute approximate surface area is 102 Å². The van der Waals surface area contributed by atoms with Crippen LogP contribution in [0.15, 0.2) is 0 Å². The van der Waals surface area contributed by atoms with Crippen molar-refractivity contribution in [3.63, 3.8) is 0 Å². The number of nitrogens with one attached hydrogen (secondary N) is 1. The first-order valence-corrected chi connectivity index (χ1v) is 5.67. The molecule has 5 nitrogen and oxygen atoms in total. The van der Waals surface area contributed by atoms with Crippen LogP contribution < -0.4 is 5.32 Å². The summed E-state index contributed by atoms with van der Waals surface area (Å²) in [5.74, 6) is -0.787. The quantitative estimate of drug-likeness (QED) is 0.708. The molecule has 0 bridgehead atoms. The summed E-state index contributed by atoms with van der Waals surface area (Å²) in [6.45, 7) is 5.54. The van der Waals surface area contributed by atoms with Crippen LogP contribution >= 0.6 is 0 Å². The summed E-state index contributed by atoms with van der Waals surface area (Å²) in [6.07, 6.45) is 0.626. The molecule has 0 rings (SSSR count). The molecule has 0 fully saturated rings. The van der Waals surface area contributed by atoms with Gasteiger partial charge < -0.3 is 10.1 Å². The molecule has 0 aromatic rings. The van der Waals surface area contributed by atoms with E-state index in [0.717, 1.165) is 0 Å².